The predicted molar refractivity (Wildman–Crippen MR) is 86.2 cm³/mol. The number of nitrogens with one attached hydrogen (secondary N) is 2. The van der Waals surface area contributed by atoms with Crippen LogP contribution in [-0.4, -0.2) is 22.8 Å². The number of carbonyl (C=O) groups excluding carboxylic acids is 2. The zero-order valence-corrected chi connectivity index (χ0v) is 13.3. The first-order valence-corrected chi connectivity index (χ1v) is 8.05. The summed E-state index contributed by atoms with van der Waals surface area (Å²) in [6, 6.07) is 3.78. The fourth-order valence-corrected chi connectivity index (χ4v) is 2.95. The second-order valence-corrected chi connectivity index (χ2v) is 6.23. The van der Waals surface area contributed by atoms with Crippen LogP contribution in [0.3, 0.4) is 0 Å². The van der Waals surface area contributed by atoms with E-state index in [9.17, 15) is 9.59 Å². The third-order valence-corrected chi connectivity index (χ3v) is 4.58. The number of rotatable bonds is 5. The van der Waals surface area contributed by atoms with Gasteiger partial charge in [-0.05, 0) is 30.4 Å². The van der Waals surface area contributed by atoms with Crippen molar-refractivity contribution in [3.05, 3.63) is 24.5 Å². The number of pyridine rings is 1. The van der Waals surface area contributed by atoms with Gasteiger partial charge in [0.2, 0.25) is 11.8 Å². The molecule has 0 saturated heterocycles. The number of aromatic nitrogens is 1. The molecule has 5 nitrogen and oxygen atoms in total. The molecule has 22 heavy (non-hydrogen) atoms. The molecule has 0 radical (unpaired) electrons. The topological polar surface area (TPSA) is 71.1 Å². The van der Waals surface area contributed by atoms with Crippen molar-refractivity contribution in [3.8, 4) is 0 Å². The van der Waals surface area contributed by atoms with Crippen molar-refractivity contribution in [2.75, 3.05) is 5.32 Å². The molecule has 2 rings (SSSR count). The third kappa shape index (κ3) is 4.83. The molecule has 1 fully saturated rings. The third-order valence-electron chi connectivity index (χ3n) is 4.58. The zero-order valence-electron chi connectivity index (χ0n) is 13.3. The Morgan fingerprint density at radius 1 is 1.23 bits per heavy atom. The molecule has 0 bridgehead atoms. The number of nitrogens with zero attached hydrogens (tertiary/aromatic N) is 1. The van der Waals surface area contributed by atoms with Gasteiger partial charge >= 0.3 is 0 Å². The lowest BCUT2D eigenvalue weighted by atomic mass is 9.78. The number of amides is 2. The van der Waals surface area contributed by atoms with Crippen LogP contribution < -0.4 is 10.6 Å². The lowest BCUT2D eigenvalue weighted by molar-refractivity contribution is -0.125. The highest BCUT2D eigenvalue weighted by atomic mass is 16.2. The molecule has 1 aliphatic carbocycles. The summed E-state index contributed by atoms with van der Waals surface area (Å²) in [5, 5.41) is 5.82. The summed E-state index contributed by atoms with van der Waals surface area (Å²) < 4.78 is 0. The summed E-state index contributed by atoms with van der Waals surface area (Å²) in [5.74, 6) is 0.954. The Morgan fingerprint density at radius 3 is 2.73 bits per heavy atom. The van der Waals surface area contributed by atoms with E-state index in [0.29, 0.717) is 17.5 Å². The van der Waals surface area contributed by atoms with Crippen LogP contribution in [0.4, 0.5) is 5.69 Å². The van der Waals surface area contributed by atoms with E-state index in [1.807, 2.05) is 0 Å². The van der Waals surface area contributed by atoms with Crippen LogP contribution in [0.25, 0.3) is 0 Å². The summed E-state index contributed by atoms with van der Waals surface area (Å²) in [4.78, 5) is 27.8. The van der Waals surface area contributed by atoms with Crippen LogP contribution in [0.1, 0.15) is 46.0 Å². The van der Waals surface area contributed by atoms with Gasteiger partial charge in [0.25, 0.3) is 0 Å². The van der Waals surface area contributed by atoms with Gasteiger partial charge in [-0.1, -0.05) is 26.7 Å². The SMILES string of the molecule is C[C@H]1[C@@H](NC(=O)CCC(=O)Nc2cccnc2)CCC[C@@H]1C. The normalized spacial score (nSPS) is 24.5. The van der Waals surface area contributed by atoms with Crippen molar-refractivity contribution in [1.82, 2.24) is 10.3 Å². The van der Waals surface area contributed by atoms with E-state index in [0.717, 1.165) is 12.8 Å². The van der Waals surface area contributed by atoms with E-state index in [2.05, 4.69) is 29.5 Å². The van der Waals surface area contributed by atoms with E-state index in [1.54, 1.807) is 24.5 Å². The summed E-state index contributed by atoms with van der Waals surface area (Å²) in [6.45, 7) is 4.44. The van der Waals surface area contributed by atoms with E-state index >= 15 is 0 Å². The second-order valence-electron chi connectivity index (χ2n) is 6.23. The van der Waals surface area contributed by atoms with Crippen molar-refractivity contribution in [2.45, 2.75) is 52.0 Å². The molecule has 1 heterocycles. The van der Waals surface area contributed by atoms with Crippen molar-refractivity contribution in [1.29, 1.82) is 0 Å². The first-order valence-electron chi connectivity index (χ1n) is 8.05. The summed E-state index contributed by atoms with van der Waals surface area (Å²) in [5.41, 5.74) is 0.655. The molecule has 1 aromatic heterocycles. The molecule has 0 aliphatic heterocycles. The highest BCUT2D eigenvalue weighted by molar-refractivity contribution is 5.93. The van der Waals surface area contributed by atoms with E-state index < -0.39 is 0 Å². The lowest BCUT2D eigenvalue weighted by Crippen LogP contribution is -2.43. The van der Waals surface area contributed by atoms with Gasteiger partial charge in [0.1, 0.15) is 0 Å². The standard InChI is InChI=1S/C17H25N3O2/c1-12-5-3-7-15(13(12)2)20-17(22)9-8-16(21)19-14-6-4-10-18-11-14/h4,6,10-13,15H,3,5,7-9H2,1-2H3,(H,19,21)(H,20,22)/t12-,13+,15-/m0/s1. The molecular formula is C17H25N3O2. The Kier molecular flexibility index (Phi) is 5.92. The molecular weight excluding hydrogens is 278 g/mol. The number of hydrogen-bond donors (Lipinski definition) is 2. The molecule has 1 aromatic rings. The smallest absolute Gasteiger partial charge is 0.224 e. The van der Waals surface area contributed by atoms with Gasteiger partial charge in [-0.2, -0.15) is 0 Å². The summed E-state index contributed by atoms with van der Waals surface area (Å²) in [7, 11) is 0. The van der Waals surface area contributed by atoms with Gasteiger partial charge < -0.3 is 10.6 Å². The minimum Gasteiger partial charge on any atom is -0.353 e. The van der Waals surface area contributed by atoms with Crippen LogP contribution >= 0.6 is 0 Å². The maximum atomic E-state index is 12.0. The Morgan fingerprint density at radius 2 is 2.00 bits per heavy atom. The Hall–Kier alpha value is -1.91. The maximum Gasteiger partial charge on any atom is 0.224 e. The Balaban J connectivity index is 1.72. The fourth-order valence-electron chi connectivity index (χ4n) is 2.95. The molecule has 0 unspecified atom stereocenters. The second kappa shape index (κ2) is 7.92. The summed E-state index contributed by atoms with van der Waals surface area (Å²) in [6.07, 6.45) is 7.09. The molecule has 1 aliphatic rings. The first-order chi connectivity index (χ1) is 10.6. The van der Waals surface area contributed by atoms with Gasteiger partial charge in [-0.3, -0.25) is 14.6 Å². The van der Waals surface area contributed by atoms with Gasteiger partial charge in [0.05, 0.1) is 11.9 Å². The highest BCUT2D eigenvalue weighted by Crippen LogP contribution is 2.29. The average Bonchev–Trinajstić information content (AvgIpc) is 2.51. The fraction of sp³-hybridized carbons (Fsp3) is 0.588. The van der Waals surface area contributed by atoms with E-state index in [1.165, 1.54) is 6.42 Å². The minimum absolute atomic E-state index is 0.0349. The number of hydrogen-bond acceptors (Lipinski definition) is 3. The van der Waals surface area contributed by atoms with E-state index in [4.69, 9.17) is 0 Å². The van der Waals surface area contributed by atoms with Crippen molar-refractivity contribution >= 4 is 17.5 Å². The van der Waals surface area contributed by atoms with Crippen LogP contribution in [0.5, 0.6) is 0 Å². The van der Waals surface area contributed by atoms with Crippen LogP contribution in [0, 0.1) is 11.8 Å². The molecule has 5 heteroatoms. The molecule has 2 N–H and O–H groups in total. The van der Waals surface area contributed by atoms with Crippen molar-refractivity contribution in [3.63, 3.8) is 0 Å². The van der Waals surface area contributed by atoms with Gasteiger partial charge in [-0.15, -0.1) is 0 Å². The molecule has 120 valence electrons. The monoisotopic (exact) mass is 303 g/mol. The van der Waals surface area contributed by atoms with Crippen LogP contribution in [0.15, 0.2) is 24.5 Å². The van der Waals surface area contributed by atoms with Crippen LogP contribution in [-0.2, 0) is 9.59 Å². The first kappa shape index (κ1) is 16.5. The molecule has 0 spiro atoms. The van der Waals surface area contributed by atoms with Gasteiger partial charge in [0, 0.05) is 25.1 Å². The average molecular weight is 303 g/mol. The molecule has 3 atom stereocenters. The highest BCUT2D eigenvalue weighted by Gasteiger charge is 2.28. The predicted octanol–water partition coefficient (Wildman–Crippen LogP) is 2.74. The van der Waals surface area contributed by atoms with Gasteiger partial charge in [-0.25, -0.2) is 0 Å². The Bertz CT molecular complexity index is 504. The van der Waals surface area contributed by atoms with Gasteiger partial charge in [0.15, 0.2) is 0 Å². The van der Waals surface area contributed by atoms with Crippen molar-refractivity contribution < 1.29 is 9.59 Å². The number of carbonyl (C=O) groups is 2. The number of anilines is 1. The largest absolute Gasteiger partial charge is 0.353 e. The lowest BCUT2D eigenvalue weighted by Gasteiger charge is -2.34. The molecule has 2 amide bonds. The van der Waals surface area contributed by atoms with E-state index in [-0.39, 0.29) is 30.7 Å². The zero-order chi connectivity index (χ0) is 15.9. The maximum absolute atomic E-state index is 12.0. The summed E-state index contributed by atoms with van der Waals surface area (Å²) >= 11 is 0. The van der Waals surface area contributed by atoms with Crippen molar-refractivity contribution in [2.24, 2.45) is 11.8 Å². The Labute approximate surface area is 131 Å². The molecule has 1 saturated carbocycles. The minimum atomic E-state index is -0.159. The molecule has 0 aromatic carbocycles. The quantitative estimate of drug-likeness (QED) is 0.878. The van der Waals surface area contributed by atoms with Crippen LogP contribution in [0.2, 0.25) is 0 Å².